The highest BCUT2D eigenvalue weighted by atomic mass is 16.5. The summed E-state index contributed by atoms with van der Waals surface area (Å²) in [5.74, 6) is 1.38. The summed E-state index contributed by atoms with van der Waals surface area (Å²) < 4.78 is 5.15. The fourth-order valence-corrected chi connectivity index (χ4v) is 1.91. The summed E-state index contributed by atoms with van der Waals surface area (Å²) in [5.41, 5.74) is 2.71. The summed E-state index contributed by atoms with van der Waals surface area (Å²) in [5, 5.41) is 14.5. The van der Waals surface area contributed by atoms with Crippen molar-refractivity contribution in [3.63, 3.8) is 0 Å². The second kappa shape index (κ2) is 9.12. The van der Waals surface area contributed by atoms with Crippen molar-refractivity contribution in [2.75, 3.05) is 26.5 Å². The first kappa shape index (κ1) is 18.1. The molecule has 2 aromatic rings. The highest BCUT2D eigenvalue weighted by Crippen LogP contribution is 2.22. The first-order chi connectivity index (χ1) is 12.1. The van der Waals surface area contributed by atoms with Gasteiger partial charge in [-0.05, 0) is 48.5 Å². The van der Waals surface area contributed by atoms with Gasteiger partial charge >= 0.3 is 0 Å². The van der Waals surface area contributed by atoms with E-state index in [1.165, 1.54) is 0 Å². The highest BCUT2D eigenvalue weighted by Gasteiger charge is 1.98. The van der Waals surface area contributed by atoms with E-state index < -0.39 is 0 Å². The maximum atomic E-state index is 5.15. The zero-order valence-corrected chi connectivity index (χ0v) is 14.7. The molecule has 0 fully saturated rings. The Labute approximate surface area is 148 Å². The highest BCUT2D eigenvalue weighted by molar-refractivity contribution is 5.62. The van der Waals surface area contributed by atoms with Crippen molar-refractivity contribution in [1.29, 1.82) is 0 Å². The Bertz CT molecular complexity index is 735. The van der Waals surface area contributed by atoms with Crippen LogP contribution >= 0.6 is 0 Å². The number of benzene rings is 2. The fraction of sp³-hybridized carbons (Fsp3) is 0.158. The minimum Gasteiger partial charge on any atom is -0.497 e. The van der Waals surface area contributed by atoms with Gasteiger partial charge in [0.2, 0.25) is 0 Å². The molecule has 6 heteroatoms. The summed E-state index contributed by atoms with van der Waals surface area (Å²) in [6, 6.07) is 15.4. The quantitative estimate of drug-likeness (QED) is 0.690. The van der Waals surface area contributed by atoms with E-state index >= 15 is 0 Å². The molecule has 0 saturated heterocycles. The molecule has 25 heavy (non-hydrogen) atoms. The van der Waals surface area contributed by atoms with Crippen molar-refractivity contribution in [1.82, 2.24) is 10.2 Å². The number of hydrogen-bond acceptors (Lipinski definition) is 6. The van der Waals surface area contributed by atoms with Crippen LogP contribution < -0.4 is 15.4 Å². The van der Waals surface area contributed by atoms with Crippen LogP contribution in [-0.4, -0.2) is 26.1 Å². The first-order valence-corrected chi connectivity index (χ1v) is 7.81. The zero-order valence-electron chi connectivity index (χ0n) is 14.7. The lowest BCUT2D eigenvalue weighted by molar-refractivity contribution is 0.415. The third kappa shape index (κ3) is 5.69. The topological polar surface area (TPSA) is 61.3 Å². The normalized spacial score (nSPS) is 10.8. The smallest absolute Gasteiger partial charge is 0.147 e. The Hall–Kier alpha value is -3.28. The monoisotopic (exact) mass is 337 g/mol. The summed E-state index contributed by atoms with van der Waals surface area (Å²) in [6.07, 6.45) is 3.61. The van der Waals surface area contributed by atoms with E-state index in [0.29, 0.717) is 5.82 Å². The second-order valence-corrected chi connectivity index (χ2v) is 5.23. The Balaban J connectivity index is 1.95. The van der Waals surface area contributed by atoms with Crippen LogP contribution in [0.25, 0.3) is 0 Å². The van der Waals surface area contributed by atoms with Gasteiger partial charge in [-0.25, -0.2) is 0 Å². The van der Waals surface area contributed by atoms with Crippen LogP contribution in [0.5, 0.6) is 5.75 Å². The molecule has 0 saturated carbocycles. The average Bonchev–Trinajstić information content (AvgIpc) is 2.65. The zero-order chi connectivity index (χ0) is 18.1. The Morgan fingerprint density at radius 2 is 1.68 bits per heavy atom. The Morgan fingerprint density at radius 3 is 2.24 bits per heavy atom. The molecular weight excluding hydrogens is 314 g/mol. The van der Waals surface area contributed by atoms with Gasteiger partial charge in [0.25, 0.3) is 0 Å². The standard InChI is InChI=1S/C19H23N5O/c1-15(24(3)14-13-20-2)22-23-18-7-5-16(6-8-18)21-17-9-11-19(25-4)12-10-17/h5-14,20-21H,1H2,2-4H3. The lowest BCUT2D eigenvalue weighted by Crippen LogP contribution is -2.08. The SMILES string of the molecule is C=C(N=Nc1ccc(Nc2ccc(OC)cc2)cc1)N(C)C=CNC. The molecule has 130 valence electrons. The number of nitrogens with one attached hydrogen (secondary N) is 2. The molecular formula is C19H23N5O. The molecule has 0 radical (unpaired) electrons. The van der Waals surface area contributed by atoms with E-state index in [-0.39, 0.29) is 0 Å². The maximum absolute atomic E-state index is 5.15. The molecule has 2 rings (SSSR count). The number of nitrogens with zero attached hydrogens (tertiary/aromatic N) is 3. The molecule has 6 nitrogen and oxygen atoms in total. The Morgan fingerprint density at radius 1 is 1.08 bits per heavy atom. The number of rotatable bonds is 8. The molecule has 2 N–H and O–H groups in total. The molecule has 0 amide bonds. The third-order valence-corrected chi connectivity index (χ3v) is 3.40. The van der Waals surface area contributed by atoms with E-state index in [2.05, 4.69) is 27.4 Å². The lowest BCUT2D eigenvalue weighted by Gasteiger charge is -2.11. The molecule has 0 heterocycles. The molecule has 0 spiro atoms. The molecule has 0 aliphatic heterocycles. The summed E-state index contributed by atoms with van der Waals surface area (Å²) in [6.45, 7) is 3.87. The van der Waals surface area contributed by atoms with Crippen LogP contribution in [0.2, 0.25) is 0 Å². The van der Waals surface area contributed by atoms with Crippen molar-refractivity contribution >= 4 is 17.1 Å². The molecule has 2 aromatic carbocycles. The van der Waals surface area contributed by atoms with E-state index in [0.717, 1.165) is 22.8 Å². The molecule has 0 atom stereocenters. The first-order valence-electron chi connectivity index (χ1n) is 7.81. The molecule has 0 bridgehead atoms. The van der Waals surface area contributed by atoms with E-state index in [1.54, 1.807) is 18.2 Å². The van der Waals surface area contributed by atoms with Gasteiger partial charge in [0, 0.05) is 37.9 Å². The predicted molar refractivity (Wildman–Crippen MR) is 102 cm³/mol. The Kier molecular flexibility index (Phi) is 6.59. The van der Waals surface area contributed by atoms with Crippen LogP contribution in [0.1, 0.15) is 0 Å². The van der Waals surface area contributed by atoms with Gasteiger partial charge in [0.05, 0.1) is 12.8 Å². The number of anilines is 2. The number of hydrogen-bond donors (Lipinski definition) is 2. The number of azo groups is 1. The van der Waals surface area contributed by atoms with Gasteiger partial charge in [-0.1, -0.05) is 6.58 Å². The van der Waals surface area contributed by atoms with Crippen LogP contribution in [0.15, 0.2) is 83.6 Å². The van der Waals surface area contributed by atoms with Gasteiger partial charge in [-0.3, -0.25) is 0 Å². The lowest BCUT2D eigenvalue weighted by atomic mass is 10.2. The minimum absolute atomic E-state index is 0.548. The van der Waals surface area contributed by atoms with Gasteiger partial charge in [-0.15, -0.1) is 10.2 Å². The van der Waals surface area contributed by atoms with Crippen LogP contribution in [0.3, 0.4) is 0 Å². The van der Waals surface area contributed by atoms with E-state index in [1.807, 2.05) is 68.8 Å². The summed E-state index contributed by atoms with van der Waals surface area (Å²) in [4.78, 5) is 1.78. The average molecular weight is 337 g/mol. The molecule has 0 unspecified atom stereocenters. The second-order valence-electron chi connectivity index (χ2n) is 5.23. The van der Waals surface area contributed by atoms with Crippen molar-refractivity contribution in [2.24, 2.45) is 10.2 Å². The van der Waals surface area contributed by atoms with Crippen LogP contribution in [0.4, 0.5) is 17.1 Å². The van der Waals surface area contributed by atoms with Crippen molar-refractivity contribution in [3.05, 3.63) is 73.3 Å². The largest absolute Gasteiger partial charge is 0.497 e. The fourth-order valence-electron chi connectivity index (χ4n) is 1.91. The predicted octanol–water partition coefficient (Wildman–Crippen LogP) is 4.62. The van der Waals surface area contributed by atoms with Gasteiger partial charge in [0.15, 0.2) is 0 Å². The van der Waals surface area contributed by atoms with Crippen LogP contribution in [-0.2, 0) is 0 Å². The van der Waals surface area contributed by atoms with Gasteiger partial charge in [-0.2, -0.15) is 0 Å². The third-order valence-electron chi connectivity index (χ3n) is 3.40. The van der Waals surface area contributed by atoms with E-state index in [9.17, 15) is 0 Å². The maximum Gasteiger partial charge on any atom is 0.147 e. The number of ether oxygens (including phenoxy) is 1. The van der Waals surface area contributed by atoms with Gasteiger partial charge in [0.1, 0.15) is 11.6 Å². The van der Waals surface area contributed by atoms with Crippen molar-refractivity contribution < 1.29 is 4.74 Å². The van der Waals surface area contributed by atoms with Crippen molar-refractivity contribution in [3.8, 4) is 5.75 Å². The van der Waals surface area contributed by atoms with Gasteiger partial charge < -0.3 is 20.3 Å². The molecule has 0 aromatic heterocycles. The van der Waals surface area contributed by atoms with Crippen molar-refractivity contribution in [2.45, 2.75) is 0 Å². The van der Waals surface area contributed by atoms with Crippen LogP contribution in [0, 0.1) is 0 Å². The van der Waals surface area contributed by atoms with E-state index in [4.69, 9.17) is 4.74 Å². The minimum atomic E-state index is 0.548. The number of methoxy groups -OCH3 is 1. The molecule has 0 aliphatic rings. The summed E-state index contributed by atoms with van der Waals surface area (Å²) >= 11 is 0. The summed E-state index contributed by atoms with van der Waals surface area (Å²) in [7, 11) is 5.34. The molecule has 0 aliphatic carbocycles.